The lowest BCUT2D eigenvalue weighted by Gasteiger charge is -2.30. The van der Waals surface area contributed by atoms with Crippen LogP contribution >= 0.6 is 47.8 Å². The van der Waals surface area contributed by atoms with E-state index in [1.54, 1.807) is 4.90 Å². The number of benzene rings is 1. The van der Waals surface area contributed by atoms with Gasteiger partial charge in [0.1, 0.15) is 10.7 Å². The van der Waals surface area contributed by atoms with E-state index in [1.165, 1.54) is 11.3 Å². The monoisotopic (exact) mass is 393 g/mol. The molecule has 3 rings (SSSR count). The van der Waals surface area contributed by atoms with Crippen LogP contribution in [0.5, 0.6) is 0 Å². The Morgan fingerprint density at radius 2 is 2.00 bits per heavy atom. The number of hydrogen-bond donors (Lipinski definition) is 1. The molecule has 2 heterocycles. The molecule has 2 N–H and O–H groups in total. The van der Waals surface area contributed by atoms with Crippen molar-refractivity contribution >= 4 is 53.7 Å². The second-order valence-corrected chi connectivity index (χ2v) is 6.49. The SMILES string of the molecule is Cl.Cl.NC1CCCN(C(=O)c2csc(-c3ccc(Cl)cc3)n2)C1. The summed E-state index contributed by atoms with van der Waals surface area (Å²) in [5.74, 6) is -0.0263. The molecule has 0 bridgehead atoms. The number of likely N-dealkylation sites (tertiary alicyclic amines) is 1. The van der Waals surface area contributed by atoms with Crippen LogP contribution < -0.4 is 5.73 Å². The number of piperidine rings is 1. The van der Waals surface area contributed by atoms with Crippen molar-refractivity contribution in [3.63, 3.8) is 0 Å². The fraction of sp³-hybridized carbons (Fsp3) is 0.333. The van der Waals surface area contributed by atoms with Crippen molar-refractivity contribution in [1.29, 1.82) is 0 Å². The van der Waals surface area contributed by atoms with E-state index >= 15 is 0 Å². The van der Waals surface area contributed by atoms with E-state index in [0.717, 1.165) is 30.0 Å². The molecular formula is C15H18Cl3N3OS. The molecule has 1 saturated heterocycles. The fourth-order valence-corrected chi connectivity index (χ4v) is 3.38. The molecule has 4 nitrogen and oxygen atoms in total. The molecular weight excluding hydrogens is 377 g/mol. The summed E-state index contributed by atoms with van der Waals surface area (Å²) in [7, 11) is 0. The highest BCUT2D eigenvalue weighted by molar-refractivity contribution is 7.13. The van der Waals surface area contributed by atoms with Crippen LogP contribution in [0.15, 0.2) is 29.6 Å². The normalized spacial score (nSPS) is 17.1. The maximum atomic E-state index is 12.4. The van der Waals surface area contributed by atoms with Crippen molar-refractivity contribution < 1.29 is 4.79 Å². The minimum Gasteiger partial charge on any atom is -0.336 e. The molecule has 2 aromatic rings. The smallest absolute Gasteiger partial charge is 0.273 e. The summed E-state index contributed by atoms with van der Waals surface area (Å²) in [5.41, 5.74) is 7.40. The van der Waals surface area contributed by atoms with Gasteiger partial charge in [-0.25, -0.2) is 4.98 Å². The van der Waals surface area contributed by atoms with E-state index in [4.69, 9.17) is 17.3 Å². The molecule has 1 unspecified atom stereocenters. The summed E-state index contributed by atoms with van der Waals surface area (Å²) in [5, 5.41) is 3.33. The predicted octanol–water partition coefficient (Wildman–Crippen LogP) is 3.87. The minimum atomic E-state index is -0.0263. The Morgan fingerprint density at radius 1 is 1.30 bits per heavy atom. The van der Waals surface area contributed by atoms with Crippen molar-refractivity contribution in [2.75, 3.05) is 13.1 Å². The maximum Gasteiger partial charge on any atom is 0.273 e. The fourth-order valence-electron chi connectivity index (χ4n) is 2.45. The Hall–Kier alpha value is -0.850. The van der Waals surface area contributed by atoms with Gasteiger partial charge in [-0.2, -0.15) is 0 Å². The molecule has 1 aliphatic rings. The zero-order chi connectivity index (χ0) is 14.8. The van der Waals surface area contributed by atoms with Crippen LogP contribution in [0.4, 0.5) is 0 Å². The minimum absolute atomic E-state index is 0. The van der Waals surface area contributed by atoms with Gasteiger partial charge in [0.25, 0.3) is 5.91 Å². The van der Waals surface area contributed by atoms with E-state index < -0.39 is 0 Å². The van der Waals surface area contributed by atoms with Crippen molar-refractivity contribution in [3.8, 4) is 10.6 Å². The van der Waals surface area contributed by atoms with Crippen LogP contribution in [-0.2, 0) is 0 Å². The highest BCUT2D eigenvalue weighted by atomic mass is 35.5. The third-order valence-corrected chi connectivity index (χ3v) is 4.70. The number of aromatic nitrogens is 1. The van der Waals surface area contributed by atoms with Gasteiger partial charge in [0.15, 0.2) is 0 Å². The van der Waals surface area contributed by atoms with Gasteiger partial charge in [0.05, 0.1) is 0 Å². The van der Waals surface area contributed by atoms with Gasteiger partial charge in [0.2, 0.25) is 0 Å². The lowest BCUT2D eigenvalue weighted by molar-refractivity contribution is 0.0704. The quantitative estimate of drug-likeness (QED) is 0.841. The molecule has 1 aromatic carbocycles. The van der Waals surface area contributed by atoms with E-state index in [-0.39, 0.29) is 36.8 Å². The molecule has 0 saturated carbocycles. The van der Waals surface area contributed by atoms with Gasteiger partial charge in [0, 0.05) is 35.1 Å². The van der Waals surface area contributed by atoms with E-state index in [0.29, 0.717) is 17.3 Å². The number of carbonyl (C=O) groups excluding carboxylic acids is 1. The van der Waals surface area contributed by atoms with Crippen LogP contribution in [0.3, 0.4) is 0 Å². The molecule has 0 aliphatic carbocycles. The number of nitrogens with two attached hydrogens (primary N) is 1. The zero-order valence-electron chi connectivity index (χ0n) is 12.3. The molecule has 0 radical (unpaired) electrons. The lowest BCUT2D eigenvalue weighted by Crippen LogP contribution is -2.45. The molecule has 1 aromatic heterocycles. The van der Waals surface area contributed by atoms with Gasteiger partial charge in [-0.15, -0.1) is 36.2 Å². The summed E-state index contributed by atoms with van der Waals surface area (Å²) < 4.78 is 0. The third-order valence-electron chi connectivity index (χ3n) is 3.56. The Labute approximate surface area is 156 Å². The summed E-state index contributed by atoms with van der Waals surface area (Å²) in [4.78, 5) is 18.7. The highest BCUT2D eigenvalue weighted by Gasteiger charge is 2.24. The van der Waals surface area contributed by atoms with Crippen LogP contribution in [-0.4, -0.2) is 34.9 Å². The summed E-state index contributed by atoms with van der Waals surface area (Å²) in [6.45, 7) is 1.38. The van der Waals surface area contributed by atoms with Crippen LogP contribution in [0.2, 0.25) is 5.02 Å². The van der Waals surface area contributed by atoms with E-state index in [1.807, 2.05) is 29.6 Å². The summed E-state index contributed by atoms with van der Waals surface area (Å²) in [6, 6.07) is 7.54. The molecule has 1 fully saturated rings. The van der Waals surface area contributed by atoms with Gasteiger partial charge >= 0.3 is 0 Å². The number of hydrogen-bond acceptors (Lipinski definition) is 4. The van der Waals surface area contributed by atoms with E-state index in [9.17, 15) is 4.79 Å². The Balaban J connectivity index is 0.00000132. The average Bonchev–Trinajstić information content (AvgIpc) is 2.97. The Morgan fingerprint density at radius 3 is 2.65 bits per heavy atom. The summed E-state index contributed by atoms with van der Waals surface area (Å²) >= 11 is 7.35. The topological polar surface area (TPSA) is 59.2 Å². The first kappa shape index (κ1) is 20.2. The lowest BCUT2D eigenvalue weighted by atomic mass is 10.1. The first-order valence-electron chi connectivity index (χ1n) is 6.90. The first-order valence-corrected chi connectivity index (χ1v) is 8.15. The van der Waals surface area contributed by atoms with Gasteiger partial charge in [-0.3, -0.25) is 4.79 Å². The van der Waals surface area contributed by atoms with Crippen LogP contribution in [0, 0.1) is 0 Å². The second-order valence-electron chi connectivity index (χ2n) is 5.20. The van der Waals surface area contributed by atoms with Crippen molar-refractivity contribution in [1.82, 2.24) is 9.88 Å². The number of rotatable bonds is 2. The molecule has 1 amide bonds. The number of carbonyl (C=O) groups is 1. The van der Waals surface area contributed by atoms with Crippen molar-refractivity contribution in [2.45, 2.75) is 18.9 Å². The molecule has 23 heavy (non-hydrogen) atoms. The van der Waals surface area contributed by atoms with Crippen molar-refractivity contribution in [3.05, 3.63) is 40.4 Å². The Kier molecular flexibility index (Phi) is 7.77. The van der Waals surface area contributed by atoms with Crippen LogP contribution in [0.25, 0.3) is 10.6 Å². The predicted molar refractivity (Wildman–Crippen MR) is 100 cm³/mol. The van der Waals surface area contributed by atoms with Gasteiger partial charge in [-0.05, 0) is 25.0 Å². The number of thiazole rings is 1. The van der Waals surface area contributed by atoms with E-state index in [2.05, 4.69) is 4.98 Å². The third kappa shape index (κ3) is 4.81. The average molecular weight is 395 g/mol. The molecule has 126 valence electrons. The highest BCUT2D eigenvalue weighted by Crippen LogP contribution is 2.26. The molecule has 1 aliphatic heterocycles. The standard InChI is InChI=1S/C15H16ClN3OS.2ClH/c16-11-5-3-10(4-6-11)14-18-13(9-21-14)15(20)19-7-1-2-12(17)8-19;;/h3-6,9,12H,1-2,7-8,17H2;2*1H. The molecule has 0 spiro atoms. The van der Waals surface area contributed by atoms with Gasteiger partial charge in [-0.1, -0.05) is 23.7 Å². The first-order chi connectivity index (χ1) is 10.1. The zero-order valence-corrected chi connectivity index (χ0v) is 15.5. The molecule has 1 atom stereocenters. The number of amides is 1. The number of halogens is 3. The Bertz CT molecular complexity index is 648. The van der Waals surface area contributed by atoms with Crippen LogP contribution in [0.1, 0.15) is 23.3 Å². The van der Waals surface area contributed by atoms with Gasteiger partial charge < -0.3 is 10.6 Å². The van der Waals surface area contributed by atoms with Crippen molar-refractivity contribution in [2.24, 2.45) is 5.73 Å². The largest absolute Gasteiger partial charge is 0.336 e. The maximum absolute atomic E-state index is 12.4. The summed E-state index contributed by atoms with van der Waals surface area (Å²) in [6.07, 6.45) is 1.94. The second kappa shape index (κ2) is 8.85. The molecule has 8 heteroatoms. The number of nitrogens with zero attached hydrogens (tertiary/aromatic N) is 2.